The van der Waals surface area contributed by atoms with Gasteiger partial charge in [-0.25, -0.2) is 32.6 Å². The highest BCUT2D eigenvalue weighted by molar-refractivity contribution is 5.64. The first-order chi connectivity index (χ1) is 17.3. The van der Waals surface area contributed by atoms with Crippen molar-refractivity contribution in [1.29, 1.82) is 0 Å². The standard InChI is InChI=1S/C25H20F3N5O3/c26-19-10-18(11-20(27)23(19)28)21-6-7-22(34)33(32-21)14-15-3-1-5-17(9-15)24-30-12-16(13-31-24)4-2-8-29-25(35)36/h1,3,5-7,9-13,29H,2,4,8,14H2,(H,35,36). The van der Waals surface area contributed by atoms with Crippen molar-refractivity contribution >= 4 is 6.09 Å². The van der Waals surface area contributed by atoms with E-state index in [0.717, 1.165) is 22.4 Å². The molecule has 11 heteroatoms. The average molecular weight is 495 g/mol. The van der Waals surface area contributed by atoms with Crippen LogP contribution in [0.5, 0.6) is 0 Å². The van der Waals surface area contributed by atoms with Crippen LogP contribution >= 0.6 is 0 Å². The first kappa shape index (κ1) is 24.6. The number of hydrogen-bond donors (Lipinski definition) is 2. The Hall–Kier alpha value is -4.54. The Labute approximate surface area is 203 Å². The van der Waals surface area contributed by atoms with E-state index in [4.69, 9.17) is 5.11 Å². The zero-order valence-corrected chi connectivity index (χ0v) is 18.8. The van der Waals surface area contributed by atoms with Crippen LogP contribution in [0.4, 0.5) is 18.0 Å². The third-order valence-corrected chi connectivity index (χ3v) is 5.29. The fraction of sp³-hybridized carbons (Fsp3) is 0.160. The van der Waals surface area contributed by atoms with Crippen LogP contribution in [0.1, 0.15) is 17.5 Å². The number of halogens is 3. The van der Waals surface area contributed by atoms with Gasteiger partial charge in [0.25, 0.3) is 5.56 Å². The van der Waals surface area contributed by atoms with Gasteiger partial charge in [0.1, 0.15) is 0 Å². The van der Waals surface area contributed by atoms with E-state index in [1.54, 1.807) is 30.6 Å². The van der Waals surface area contributed by atoms with Gasteiger partial charge in [-0.15, -0.1) is 0 Å². The molecule has 184 valence electrons. The molecular formula is C25H20F3N5O3. The zero-order chi connectivity index (χ0) is 25.7. The molecule has 2 aromatic heterocycles. The first-order valence-electron chi connectivity index (χ1n) is 10.9. The Kier molecular flexibility index (Phi) is 7.38. The van der Waals surface area contributed by atoms with Gasteiger partial charge >= 0.3 is 6.09 Å². The molecule has 4 aromatic rings. The Morgan fingerprint density at radius 1 is 0.944 bits per heavy atom. The summed E-state index contributed by atoms with van der Waals surface area (Å²) in [5.74, 6) is -3.80. The van der Waals surface area contributed by atoms with E-state index < -0.39 is 29.1 Å². The number of aryl methyl sites for hydroxylation is 1. The highest BCUT2D eigenvalue weighted by Crippen LogP contribution is 2.22. The minimum Gasteiger partial charge on any atom is -0.465 e. The summed E-state index contributed by atoms with van der Waals surface area (Å²) >= 11 is 0. The lowest BCUT2D eigenvalue weighted by Gasteiger charge is -2.09. The van der Waals surface area contributed by atoms with Crippen molar-refractivity contribution in [2.24, 2.45) is 0 Å². The van der Waals surface area contributed by atoms with Crippen molar-refractivity contribution in [3.63, 3.8) is 0 Å². The third kappa shape index (κ3) is 5.93. The zero-order valence-electron chi connectivity index (χ0n) is 18.8. The fourth-order valence-corrected chi connectivity index (χ4v) is 3.52. The number of nitrogens with zero attached hydrogens (tertiary/aromatic N) is 4. The van der Waals surface area contributed by atoms with Crippen molar-refractivity contribution in [1.82, 2.24) is 25.1 Å². The summed E-state index contributed by atoms with van der Waals surface area (Å²) < 4.78 is 41.7. The van der Waals surface area contributed by atoms with E-state index in [2.05, 4.69) is 20.4 Å². The number of hydrogen-bond acceptors (Lipinski definition) is 5. The predicted molar refractivity (Wildman–Crippen MR) is 125 cm³/mol. The molecule has 0 unspecified atom stereocenters. The normalized spacial score (nSPS) is 10.9. The van der Waals surface area contributed by atoms with Gasteiger partial charge in [0.15, 0.2) is 23.3 Å². The summed E-state index contributed by atoms with van der Waals surface area (Å²) in [5, 5.41) is 15.1. The van der Waals surface area contributed by atoms with Gasteiger partial charge in [0.2, 0.25) is 0 Å². The molecule has 0 saturated carbocycles. The second-order valence-electron chi connectivity index (χ2n) is 7.92. The van der Waals surface area contributed by atoms with Crippen LogP contribution in [-0.4, -0.2) is 37.5 Å². The Bertz CT molecular complexity index is 1440. The first-order valence-corrected chi connectivity index (χ1v) is 10.9. The molecular weight excluding hydrogens is 475 g/mol. The minimum atomic E-state index is -1.57. The van der Waals surface area contributed by atoms with Gasteiger partial charge in [0.05, 0.1) is 12.2 Å². The molecule has 2 N–H and O–H groups in total. The van der Waals surface area contributed by atoms with Crippen molar-refractivity contribution in [2.75, 3.05) is 6.54 Å². The minimum absolute atomic E-state index is 0.00105. The molecule has 0 spiro atoms. The molecule has 0 aliphatic rings. The molecule has 0 aliphatic carbocycles. The van der Waals surface area contributed by atoms with E-state index >= 15 is 0 Å². The summed E-state index contributed by atoms with van der Waals surface area (Å²) in [5.41, 5.74) is 1.97. The van der Waals surface area contributed by atoms with Gasteiger partial charge in [-0.05, 0) is 48.2 Å². The van der Waals surface area contributed by atoms with E-state index in [1.807, 2.05) is 6.07 Å². The van der Waals surface area contributed by atoms with E-state index in [-0.39, 0.29) is 17.8 Å². The van der Waals surface area contributed by atoms with Gasteiger partial charge in [-0.2, -0.15) is 5.10 Å². The van der Waals surface area contributed by atoms with E-state index in [1.165, 1.54) is 12.1 Å². The van der Waals surface area contributed by atoms with Crippen LogP contribution in [0.2, 0.25) is 0 Å². The molecule has 0 atom stereocenters. The predicted octanol–water partition coefficient (Wildman–Crippen LogP) is 4.03. The molecule has 4 rings (SSSR count). The monoisotopic (exact) mass is 495 g/mol. The number of benzene rings is 2. The van der Waals surface area contributed by atoms with Crippen LogP contribution in [0.15, 0.2) is 65.7 Å². The molecule has 0 radical (unpaired) electrons. The number of amides is 1. The molecule has 2 aromatic carbocycles. The molecule has 36 heavy (non-hydrogen) atoms. The summed E-state index contributed by atoms with van der Waals surface area (Å²) in [6.07, 6.45) is 3.51. The van der Waals surface area contributed by atoms with Crippen molar-refractivity contribution in [3.8, 4) is 22.6 Å². The second kappa shape index (κ2) is 10.8. The van der Waals surface area contributed by atoms with Gasteiger partial charge < -0.3 is 10.4 Å². The van der Waals surface area contributed by atoms with Crippen molar-refractivity contribution in [3.05, 3.63) is 99.9 Å². The lowest BCUT2D eigenvalue weighted by molar-refractivity contribution is 0.194. The SMILES string of the molecule is O=C(O)NCCCc1cnc(-c2cccc(Cn3nc(-c4cc(F)c(F)c(F)c4)ccc3=O)c2)nc1. The summed E-state index contributed by atoms with van der Waals surface area (Å²) in [7, 11) is 0. The Morgan fingerprint density at radius 2 is 1.67 bits per heavy atom. The number of rotatable bonds is 8. The molecule has 2 heterocycles. The van der Waals surface area contributed by atoms with E-state index in [0.29, 0.717) is 36.3 Å². The fourth-order valence-electron chi connectivity index (χ4n) is 3.52. The largest absolute Gasteiger partial charge is 0.465 e. The van der Waals surface area contributed by atoms with Gasteiger partial charge in [-0.1, -0.05) is 18.2 Å². The lowest BCUT2D eigenvalue weighted by Crippen LogP contribution is -2.22. The maximum Gasteiger partial charge on any atom is 0.404 e. The van der Waals surface area contributed by atoms with Gasteiger partial charge in [0, 0.05) is 36.1 Å². The number of aromatic nitrogens is 4. The van der Waals surface area contributed by atoms with Crippen molar-refractivity contribution < 1.29 is 23.1 Å². The summed E-state index contributed by atoms with van der Waals surface area (Å²) in [6.45, 7) is 0.403. The van der Waals surface area contributed by atoms with Crippen LogP contribution < -0.4 is 10.9 Å². The van der Waals surface area contributed by atoms with Crippen LogP contribution in [0.3, 0.4) is 0 Å². The molecule has 0 aliphatic heterocycles. The van der Waals surface area contributed by atoms with Crippen molar-refractivity contribution in [2.45, 2.75) is 19.4 Å². The summed E-state index contributed by atoms with van der Waals surface area (Å²) in [4.78, 5) is 31.6. The molecule has 8 nitrogen and oxygen atoms in total. The molecule has 0 bridgehead atoms. The highest BCUT2D eigenvalue weighted by atomic mass is 19.2. The smallest absolute Gasteiger partial charge is 0.404 e. The number of carbonyl (C=O) groups is 1. The van der Waals surface area contributed by atoms with Gasteiger partial charge in [-0.3, -0.25) is 4.79 Å². The van der Waals surface area contributed by atoms with Crippen LogP contribution in [-0.2, 0) is 13.0 Å². The Balaban J connectivity index is 1.51. The maximum absolute atomic E-state index is 13.6. The molecule has 0 fully saturated rings. The second-order valence-corrected chi connectivity index (χ2v) is 7.92. The average Bonchev–Trinajstić information content (AvgIpc) is 2.86. The molecule has 0 saturated heterocycles. The lowest BCUT2D eigenvalue weighted by atomic mass is 10.1. The highest BCUT2D eigenvalue weighted by Gasteiger charge is 2.13. The summed E-state index contributed by atoms with van der Waals surface area (Å²) in [6, 6.07) is 11.3. The quantitative estimate of drug-likeness (QED) is 0.282. The van der Waals surface area contributed by atoms with Crippen LogP contribution in [0.25, 0.3) is 22.6 Å². The molecule has 1 amide bonds. The Morgan fingerprint density at radius 3 is 2.36 bits per heavy atom. The number of nitrogens with one attached hydrogen (secondary N) is 1. The number of carboxylic acid groups (broad SMARTS) is 1. The third-order valence-electron chi connectivity index (χ3n) is 5.29. The van der Waals surface area contributed by atoms with E-state index in [9.17, 15) is 22.8 Å². The topological polar surface area (TPSA) is 110 Å². The van der Waals surface area contributed by atoms with Crippen LogP contribution in [0, 0.1) is 17.5 Å². The maximum atomic E-state index is 13.6.